The highest BCUT2D eigenvalue weighted by Crippen LogP contribution is 2.09. The maximum Gasteiger partial charge on any atom is 0.00387 e. The average Bonchev–Trinajstić information content (AvgIpc) is 2.11. The van der Waals surface area contributed by atoms with Gasteiger partial charge in [0.05, 0.1) is 0 Å². The lowest BCUT2D eigenvalue weighted by molar-refractivity contribution is 0.512. The molecule has 0 radical (unpaired) electrons. The molecule has 1 nitrogen and oxygen atoms in total. The Kier molecular flexibility index (Phi) is 16.5. The van der Waals surface area contributed by atoms with Crippen LogP contribution >= 0.6 is 25.0 Å². The number of rotatable bonds is 9. The van der Waals surface area contributed by atoms with Crippen molar-refractivity contribution >= 4 is 25.0 Å². The topological polar surface area (TPSA) is 26.0 Å². The fourth-order valence-electron chi connectivity index (χ4n) is 1.56. The SMILES string of the molecule is CCCC(N)CCCCCCCS.Cl. The molecule has 0 heterocycles. The Balaban J connectivity index is 0. The predicted molar refractivity (Wildman–Crippen MR) is 71.7 cm³/mol. The van der Waals surface area contributed by atoms with Crippen molar-refractivity contribution in [3.8, 4) is 0 Å². The van der Waals surface area contributed by atoms with Gasteiger partial charge in [0.15, 0.2) is 0 Å². The molecule has 0 rings (SSSR count). The standard InChI is InChI=1S/C11H25NS.ClH/c1-2-8-11(12)9-6-4-3-5-7-10-13;/h11,13H,2-10,12H2,1H3;1H. The molecule has 1 unspecified atom stereocenters. The zero-order valence-corrected chi connectivity index (χ0v) is 11.1. The van der Waals surface area contributed by atoms with Crippen molar-refractivity contribution in [3.05, 3.63) is 0 Å². The summed E-state index contributed by atoms with van der Waals surface area (Å²) in [5.74, 6) is 1.04. The van der Waals surface area contributed by atoms with Gasteiger partial charge < -0.3 is 5.73 Å². The summed E-state index contributed by atoms with van der Waals surface area (Å²) in [5.41, 5.74) is 5.91. The predicted octanol–water partition coefficient (Wildman–Crippen LogP) is 3.81. The molecular formula is C11H26ClNS. The summed E-state index contributed by atoms with van der Waals surface area (Å²) in [4.78, 5) is 0. The maximum atomic E-state index is 5.91. The second kappa shape index (κ2) is 13.6. The molecule has 0 fully saturated rings. The van der Waals surface area contributed by atoms with Crippen LogP contribution in [0.4, 0.5) is 0 Å². The molecule has 0 aliphatic heterocycles. The van der Waals surface area contributed by atoms with Crippen LogP contribution in [0.15, 0.2) is 0 Å². The number of unbranched alkanes of at least 4 members (excludes halogenated alkanes) is 4. The fraction of sp³-hybridized carbons (Fsp3) is 1.00. The van der Waals surface area contributed by atoms with E-state index in [1.54, 1.807) is 0 Å². The van der Waals surface area contributed by atoms with Crippen LogP contribution in [-0.2, 0) is 0 Å². The van der Waals surface area contributed by atoms with E-state index in [-0.39, 0.29) is 12.4 Å². The summed E-state index contributed by atoms with van der Waals surface area (Å²) < 4.78 is 0. The van der Waals surface area contributed by atoms with E-state index in [1.807, 2.05) is 0 Å². The lowest BCUT2D eigenvalue weighted by Gasteiger charge is -2.09. The van der Waals surface area contributed by atoms with Crippen molar-refractivity contribution in [1.29, 1.82) is 0 Å². The van der Waals surface area contributed by atoms with Crippen molar-refractivity contribution < 1.29 is 0 Å². The smallest absolute Gasteiger partial charge is 0.00387 e. The lowest BCUT2D eigenvalue weighted by atomic mass is 10.0. The van der Waals surface area contributed by atoms with Gasteiger partial charge in [-0.15, -0.1) is 12.4 Å². The minimum absolute atomic E-state index is 0. The molecule has 0 aromatic heterocycles. The van der Waals surface area contributed by atoms with E-state index < -0.39 is 0 Å². The van der Waals surface area contributed by atoms with E-state index in [1.165, 1.54) is 51.4 Å². The van der Waals surface area contributed by atoms with Gasteiger partial charge in [-0.25, -0.2) is 0 Å². The van der Waals surface area contributed by atoms with E-state index in [2.05, 4.69) is 19.6 Å². The molecule has 14 heavy (non-hydrogen) atoms. The van der Waals surface area contributed by atoms with Crippen LogP contribution in [0.3, 0.4) is 0 Å². The average molecular weight is 240 g/mol. The molecule has 0 saturated carbocycles. The van der Waals surface area contributed by atoms with Crippen LogP contribution in [0.25, 0.3) is 0 Å². The first-order valence-electron chi connectivity index (χ1n) is 5.67. The monoisotopic (exact) mass is 239 g/mol. The van der Waals surface area contributed by atoms with Gasteiger partial charge in [-0.05, 0) is 25.0 Å². The first-order chi connectivity index (χ1) is 6.31. The third-order valence-electron chi connectivity index (χ3n) is 2.39. The molecule has 0 spiro atoms. The second-order valence-electron chi connectivity index (χ2n) is 3.83. The summed E-state index contributed by atoms with van der Waals surface area (Å²) >= 11 is 4.19. The van der Waals surface area contributed by atoms with Crippen LogP contribution < -0.4 is 5.73 Å². The van der Waals surface area contributed by atoms with E-state index in [0.717, 1.165) is 5.75 Å². The Hall–Kier alpha value is 0.600. The highest BCUT2D eigenvalue weighted by atomic mass is 35.5. The quantitative estimate of drug-likeness (QED) is 0.465. The molecule has 2 N–H and O–H groups in total. The van der Waals surface area contributed by atoms with Crippen molar-refractivity contribution in [3.63, 3.8) is 0 Å². The molecule has 0 aliphatic carbocycles. The molecule has 0 aromatic carbocycles. The molecule has 0 aromatic rings. The van der Waals surface area contributed by atoms with E-state index >= 15 is 0 Å². The highest BCUT2D eigenvalue weighted by Gasteiger charge is 1.99. The lowest BCUT2D eigenvalue weighted by Crippen LogP contribution is -2.18. The van der Waals surface area contributed by atoms with Crippen LogP contribution in [0.5, 0.6) is 0 Å². The minimum atomic E-state index is 0. The first-order valence-corrected chi connectivity index (χ1v) is 6.31. The normalized spacial score (nSPS) is 12.2. The van der Waals surface area contributed by atoms with Crippen molar-refractivity contribution in [2.24, 2.45) is 5.73 Å². The van der Waals surface area contributed by atoms with Crippen LogP contribution in [0.2, 0.25) is 0 Å². The van der Waals surface area contributed by atoms with E-state index in [0.29, 0.717) is 6.04 Å². The van der Waals surface area contributed by atoms with E-state index in [4.69, 9.17) is 5.73 Å². The van der Waals surface area contributed by atoms with Gasteiger partial charge in [0.25, 0.3) is 0 Å². The molecular weight excluding hydrogens is 214 g/mol. The van der Waals surface area contributed by atoms with Crippen LogP contribution in [-0.4, -0.2) is 11.8 Å². The number of nitrogens with two attached hydrogens (primary N) is 1. The van der Waals surface area contributed by atoms with Crippen LogP contribution in [0, 0.1) is 0 Å². The summed E-state index contributed by atoms with van der Waals surface area (Å²) in [6.45, 7) is 2.20. The van der Waals surface area contributed by atoms with Gasteiger partial charge >= 0.3 is 0 Å². The summed E-state index contributed by atoms with van der Waals surface area (Å²) in [7, 11) is 0. The summed E-state index contributed by atoms with van der Waals surface area (Å²) in [5, 5.41) is 0. The fourth-order valence-corrected chi connectivity index (χ4v) is 1.79. The summed E-state index contributed by atoms with van der Waals surface area (Å²) in [6, 6.07) is 0.454. The minimum Gasteiger partial charge on any atom is -0.328 e. The third-order valence-corrected chi connectivity index (χ3v) is 2.71. The first kappa shape index (κ1) is 17.0. The van der Waals surface area contributed by atoms with Gasteiger partial charge in [0, 0.05) is 6.04 Å². The van der Waals surface area contributed by atoms with Gasteiger partial charge in [-0.2, -0.15) is 12.6 Å². The molecule has 0 saturated heterocycles. The molecule has 3 heteroatoms. The van der Waals surface area contributed by atoms with Gasteiger partial charge in [-0.1, -0.05) is 39.0 Å². The maximum absolute atomic E-state index is 5.91. The third kappa shape index (κ3) is 12.6. The number of halogens is 1. The van der Waals surface area contributed by atoms with Crippen molar-refractivity contribution in [2.75, 3.05) is 5.75 Å². The Morgan fingerprint density at radius 1 is 1.00 bits per heavy atom. The second-order valence-corrected chi connectivity index (χ2v) is 4.28. The zero-order chi connectivity index (χ0) is 9.94. The van der Waals surface area contributed by atoms with Gasteiger partial charge in [0.1, 0.15) is 0 Å². The molecule has 1 atom stereocenters. The number of hydrogen-bond donors (Lipinski definition) is 2. The van der Waals surface area contributed by atoms with Gasteiger partial charge in [0.2, 0.25) is 0 Å². The number of hydrogen-bond acceptors (Lipinski definition) is 2. The Morgan fingerprint density at radius 2 is 1.57 bits per heavy atom. The van der Waals surface area contributed by atoms with Crippen LogP contribution in [0.1, 0.15) is 58.3 Å². The molecule has 0 bridgehead atoms. The van der Waals surface area contributed by atoms with Crippen molar-refractivity contribution in [1.82, 2.24) is 0 Å². The van der Waals surface area contributed by atoms with Crippen molar-refractivity contribution in [2.45, 2.75) is 64.3 Å². The van der Waals surface area contributed by atoms with E-state index in [9.17, 15) is 0 Å². The Bertz CT molecular complexity index is 101. The molecule has 0 amide bonds. The Morgan fingerprint density at radius 3 is 2.14 bits per heavy atom. The highest BCUT2D eigenvalue weighted by molar-refractivity contribution is 7.80. The molecule has 0 aliphatic rings. The zero-order valence-electron chi connectivity index (χ0n) is 9.37. The summed E-state index contributed by atoms with van der Waals surface area (Å²) in [6.07, 6.45) is 10.3. The largest absolute Gasteiger partial charge is 0.328 e. The molecule has 88 valence electrons. The Labute approximate surface area is 101 Å². The van der Waals surface area contributed by atoms with Gasteiger partial charge in [-0.3, -0.25) is 0 Å². The number of thiol groups is 1.